The van der Waals surface area contributed by atoms with E-state index in [0.29, 0.717) is 12.1 Å². The van der Waals surface area contributed by atoms with Gasteiger partial charge in [0.05, 0.1) is 18.0 Å². The van der Waals surface area contributed by atoms with Crippen LogP contribution in [0.4, 0.5) is 5.69 Å². The average molecular weight is 431 g/mol. The molecule has 6 nitrogen and oxygen atoms in total. The molecule has 0 saturated carbocycles. The Balaban J connectivity index is 1.86. The van der Waals surface area contributed by atoms with Gasteiger partial charge >= 0.3 is 0 Å². The molecule has 0 saturated heterocycles. The van der Waals surface area contributed by atoms with Gasteiger partial charge in [0.15, 0.2) is 0 Å². The fourth-order valence-electron chi connectivity index (χ4n) is 3.75. The quantitative estimate of drug-likeness (QED) is 0.783. The van der Waals surface area contributed by atoms with Crippen molar-refractivity contribution >= 4 is 21.6 Å². The molecule has 0 bridgehead atoms. The van der Waals surface area contributed by atoms with Crippen LogP contribution in [0.3, 0.4) is 0 Å². The van der Waals surface area contributed by atoms with Gasteiger partial charge in [-0.05, 0) is 63.9 Å². The zero-order valence-electron chi connectivity index (χ0n) is 18.4. The number of anilines is 1. The van der Waals surface area contributed by atoms with Gasteiger partial charge in [0, 0.05) is 12.0 Å². The first-order valence-electron chi connectivity index (χ1n) is 10.00. The molecule has 1 amide bonds. The molecule has 1 aliphatic heterocycles. The Morgan fingerprint density at radius 3 is 2.47 bits per heavy atom. The maximum atomic E-state index is 12.9. The van der Waals surface area contributed by atoms with Crippen molar-refractivity contribution in [1.29, 1.82) is 0 Å². The van der Waals surface area contributed by atoms with Gasteiger partial charge in [-0.2, -0.15) is 0 Å². The van der Waals surface area contributed by atoms with Gasteiger partial charge in [-0.25, -0.2) is 8.42 Å². The molecule has 1 aliphatic rings. The summed E-state index contributed by atoms with van der Waals surface area (Å²) in [5.74, 6) is 0.394. The number of fused-ring (bicyclic) bond motifs is 1. The Labute approximate surface area is 179 Å². The standard InChI is InChI=1S/C23H30N2O4S/c1-15-7-10-21-19(11-15)20(13-23(4,5)29-21)24-22(26)14-25(30(6,27)28)18-9-8-16(2)17(3)12-18/h7-12,20H,13-14H2,1-6H3,(H,24,26). The molecule has 0 aliphatic carbocycles. The van der Waals surface area contributed by atoms with Crippen molar-refractivity contribution in [2.24, 2.45) is 0 Å². The predicted octanol–water partition coefficient (Wildman–Crippen LogP) is 3.80. The lowest BCUT2D eigenvalue weighted by Gasteiger charge is -2.38. The molecule has 30 heavy (non-hydrogen) atoms. The second kappa shape index (κ2) is 7.95. The maximum Gasteiger partial charge on any atom is 0.241 e. The second-order valence-corrected chi connectivity index (χ2v) is 10.7. The highest BCUT2D eigenvalue weighted by Crippen LogP contribution is 2.39. The number of rotatable bonds is 5. The van der Waals surface area contributed by atoms with Gasteiger partial charge in [-0.15, -0.1) is 0 Å². The molecule has 0 fully saturated rings. The summed E-state index contributed by atoms with van der Waals surface area (Å²) in [7, 11) is -3.63. The molecule has 7 heteroatoms. The highest BCUT2D eigenvalue weighted by atomic mass is 32.2. The van der Waals surface area contributed by atoms with Gasteiger partial charge in [-0.1, -0.05) is 23.8 Å². The molecule has 2 aromatic rings. The van der Waals surface area contributed by atoms with E-state index in [-0.39, 0.29) is 18.5 Å². The predicted molar refractivity (Wildman–Crippen MR) is 119 cm³/mol. The van der Waals surface area contributed by atoms with E-state index in [4.69, 9.17) is 4.74 Å². The SMILES string of the molecule is Cc1ccc2c(c1)C(NC(=O)CN(c1ccc(C)c(C)c1)S(C)(=O)=O)CC(C)(C)O2. The number of aryl methyl sites for hydroxylation is 3. The van der Waals surface area contributed by atoms with E-state index >= 15 is 0 Å². The monoisotopic (exact) mass is 430 g/mol. The number of hydrogen-bond acceptors (Lipinski definition) is 4. The highest BCUT2D eigenvalue weighted by molar-refractivity contribution is 7.92. The topological polar surface area (TPSA) is 75.7 Å². The molecule has 1 unspecified atom stereocenters. The third-order valence-corrected chi connectivity index (χ3v) is 6.56. The zero-order chi connectivity index (χ0) is 22.3. The highest BCUT2D eigenvalue weighted by Gasteiger charge is 2.35. The summed E-state index contributed by atoms with van der Waals surface area (Å²) in [6.45, 7) is 9.55. The van der Waals surface area contributed by atoms with E-state index in [1.54, 1.807) is 12.1 Å². The Kier molecular flexibility index (Phi) is 5.87. The fourth-order valence-corrected chi connectivity index (χ4v) is 4.60. The second-order valence-electron chi connectivity index (χ2n) is 8.77. The first kappa shape index (κ1) is 22.2. The molecule has 2 aromatic carbocycles. The molecular formula is C23H30N2O4S. The molecule has 0 spiro atoms. The summed E-state index contributed by atoms with van der Waals surface area (Å²) in [4.78, 5) is 12.9. The number of benzene rings is 2. The van der Waals surface area contributed by atoms with Crippen molar-refractivity contribution in [1.82, 2.24) is 5.32 Å². The van der Waals surface area contributed by atoms with Crippen LogP contribution in [-0.4, -0.2) is 32.7 Å². The third kappa shape index (κ3) is 4.95. The molecule has 1 heterocycles. The van der Waals surface area contributed by atoms with E-state index in [0.717, 1.165) is 38.6 Å². The smallest absolute Gasteiger partial charge is 0.241 e. The summed E-state index contributed by atoms with van der Waals surface area (Å²) in [5, 5.41) is 3.03. The molecule has 0 aromatic heterocycles. The molecule has 1 atom stereocenters. The van der Waals surface area contributed by atoms with Crippen molar-refractivity contribution in [2.75, 3.05) is 17.1 Å². The lowest BCUT2D eigenvalue weighted by Crippen LogP contribution is -2.45. The number of carbonyl (C=O) groups is 1. The molecular weight excluding hydrogens is 400 g/mol. The van der Waals surface area contributed by atoms with Crippen molar-refractivity contribution in [3.8, 4) is 5.75 Å². The van der Waals surface area contributed by atoms with Gasteiger partial charge in [0.2, 0.25) is 15.9 Å². The van der Waals surface area contributed by atoms with Gasteiger partial charge in [-0.3, -0.25) is 9.10 Å². The normalized spacial score (nSPS) is 17.6. The Morgan fingerprint density at radius 2 is 1.83 bits per heavy atom. The molecule has 0 radical (unpaired) electrons. The van der Waals surface area contributed by atoms with Crippen LogP contribution in [-0.2, 0) is 14.8 Å². The van der Waals surface area contributed by atoms with Crippen molar-refractivity contribution in [3.63, 3.8) is 0 Å². The minimum absolute atomic E-state index is 0.252. The van der Waals surface area contributed by atoms with E-state index in [9.17, 15) is 13.2 Å². The van der Waals surface area contributed by atoms with Gasteiger partial charge in [0.1, 0.15) is 17.9 Å². The van der Waals surface area contributed by atoms with Crippen molar-refractivity contribution in [2.45, 2.75) is 52.7 Å². The minimum Gasteiger partial charge on any atom is -0.487 e. The van der Waals surface area contributed by atoms with E-state index in [1.165, 1.54) is 0 Å². The summed E-state index contributed by atoms with van der Waals surface area (Å²) >= 11 is 0. The van der Waals surface area contributed by atoms with Crippen LogP contribution >= 0.6 is 0 Å². The number of carbonyl (C=O) groups excluding carboxylic acids is 1. The zero-order valence-corrected chi connectivity index (χ0v) is 19.3. The van der Waals surface area contributed by atoms with Crippen LogP contribution in [0.1, 0.15) is 48.6 Å². The summed E-state index contributed by atoms with van der Waals surface area (Å²) < 4.78 is 32.1. The molecule has 162 valence electrons. The number of nitrogens with zero attached hydrogens (tertiary/aromatic N) is 1. The largest absolute Gasteiger partial charge is 0.487 e. The summed E-state index contributed by atoms with van der Waals surface area (Å²) in [6.07, 6.45) is 1.71. The van der Waals surface area contributed by atoms with Crippen LogP contribution < -0.4 is 14.4 Å². The Bertz CT molecular complexity index is 1080. The van der Waals surface area contributed by atoms with Crippen LogP contribution in [0, 0.1) is 20.8 Å². The minimum atomic E-state index is -3.63. The summed E-state index contributed by atoms with van der Waals surface area (Å²) in [6, 6.07) is 11.0. The van der Waals surface area contributed by atoms with Crippen molar-refractivity contribution in [3.05, 3.63) is 58.7 Å². The maximum absolute atomic E-state index is 12.9. The lowest BCUT2D eigenvalue weighted by molar-refractivity contribution is -0.120. The van der Waals surface area contributed by atoms with E-state index < -0.39 is 15.6 Å². The lowest BCUT2D eigenvalue weighted by atomic mass is 9.89. The number of amides is 1. The van der Waals surface area contributed by atoms with Gasteiger partial charge in [0.25, 0.3) is 0 Å². The van der Waals surface area contributed by atoms with Gasteiger partial charge < -0.3 is 10.1 Å². The summed E-state index contributed by atoms with van der Waals surface area (Å²) in [5.41, 5.74) is 4.07. The van der Waals surface area contributed by atoms with E-state index in [2.05, 4.69) is 5.32 Å². The third-order valence-electron chi connectivity index (χ3n) is 5.42. The van der Waals surface area contributed by atoms with Crippen LogP contribution in [0.25, 0.3) is 0 Å². The number of nitrogens with one attached hydrogen (secondary N) is 1. The van der Waals surface area contributed by atoms with Crippen molar-refractivity contribution < 1.29 is 17.9 Å². The Hall–Kier alpha value is -2.54. The number of hydrogen-bond donors (Lipinski definition) is 1. The molecule has 3 rings (SSSR count). The van der Waals surface area contributed by atoms with E-state index in [1.807, 2.05) is 58.9 Å². The van der Waals surface area contributed by atoms with Crippen LogP contribution in [0.15, 0.2) is 36.4 Å². The van der Waals surface area contributed by atoms with Crippen LogP contribution in [0.5, 0.6) is 5.75 Å². The first-order valence-corrected chi connectivity index (χ1v) is 11.8. The fraction of sp³-hybridized carbons (Fsp3) is 0.435. The number of sulfonamides is 1. The Morgan fingerprint density at radius 1 is 1.13 bits per heavy atom. The average Bonchev–Trinajstić information content (AvgIpc) is 2.61. The number of ether oxygens (including phenoxy) is 1. The molecule has 1 N–H and O–H groups in total. The first-order chi connectivity index (χ1) is 13.9. The van der Waals surface area contributed by atoms with Crippen LogP contribution in [0.2, 0.25) is 0 Å².